The zero-order chi connectivity index (χ0) is 25.5. The molecule has 0 fully saturated rings. The van der Waals surface area contributed by atoms with Gasteiger partial charge in [-0.2, -0.15) is 0 Å². The zero-order valence-electron chi connectivity index (χ0n) is 18.2. The summed E-state index contributed by atoms with van der Waals surface area (Å²) in [6.07, 6.45) is -0.102. The van der Waals surface area contributed by atoms with Crippen molar-refractivity contribution in [2.24, 2.45) is 5.73 Å². The second kappa shape index (κ2) is 11.7. The first-order valence-electron chi connectivity index (χ1n) is 10.3. The number of rotatable bonds is 6. The third-order valence-corrected chi connectivity index (χ3v) is 5.39. The number of hydrogen-bond acceptors (Lipinski definition) is 6. The van der Waals surface area contributed by atoms with Crippen LogP contribution in [0.5, 0.6) is 5.75 Å². The average Bonchev–Trinajstić information content (AvgIpc) is 3.17. The van der Waals surface area contributed by atoms with Gasteiger partial charge in [-0.05, 0) is 35.9 Å². The highest BCUT2D eigenvalue weighted by atomic mass is 35.5. The number of nitrogens with two attached hydrogens (primary N) is 1. The second-order valence-electron chi connectivity index (χ2n) is 7.46. The Labute approximate surface area is 210 Å². The summed E-state index contributed by atoms with van der Waals surface area (Å²) in [6.45, 7) is -0.172. The number of aromatic hydroxyl groups is 1. The van der Waals surface area contributed by atoms with Crippen molar-refractivity contribution in [3.05, 3.63) is 93.7 Å². The molecule has 0 aliphatic rings. The molecule has 10 heteroatoms. The van der Waals surface area contributed by atoms with E-state index in [0.717, 1.165) is 5.56 Å². The van der Waals surface area contributed by atoms with E-state index < -0.39 is 17.9 Å². The molecule has 6 N–H and O–H groups in total. The van der Waals surface area contributed by atoms with Crippen molar-refractivity contribution in [2.45, 2.75) is 12.5 Å². The van der Waals surface area contributed by atoms with Crippen molar-refractivity contribution in [3.8, 4) is 5.75 Å². The molecule has 0 aliphatic carbocycles. The number of benzene rings is 3. The molecule has 4 rings (SSSR count). The number of ketones is 1. The van der Waals surface area contributed by atoms with Crippen LogP contribution >= 0.6 is 23.2 Å². The Bertz CT molecular complexity index is 1340. The lowest BCUT2D eigenvalue weighted by Gasteiger charge is -2.05. The van der Waals surface area contributed by atoms with Crippen molar-refractivity contribution in [1.29, 1.82) is 0 Å². The zero-order valence-corrected chi connectivity index (χ0v) is 19.8. The van der Waals surface area contributed by atoms with Crippen LogP contribution in [0.1, 0.15) is 21.7 Å². The van der Waals surface area contributed by atoms with Crippen molar-refractivity contribution in [3.63, 3.8) is 0 Å². The van der Waals surface area contributed by atoms with Crippen LogP contribution in [-0.2, 0) is 6.42 Å². The number of aliphatic hydroxyl groups excluding tert-OH is 2. The molecule has 35 heavy (non-hydrogen) atoms. The molecule has 1 aromatic heterocycles. The van der Waals surface area contributed by atoms with Crippen LogP contribution in [0.2, 0.25) is 10.0 Å². The van der Waals surface area contributed by atoms with Gasteiger partial charge < -0.3 is 30.8 Å². The smallest absolute Gasteiger partial charge is 0.316 e. The van der Waals surface area contributed by atoms with Crippen LogP contribution in [0.3, 0.4) is 0 Å². The van der Waals surface area contributed by atoms with Gasteiger partial charge in [-0.1, -0.05) is 53.5 Å². The standard InChI is InChI=1S/C16H10Cl2N2O4.C9H12O2/c17-7-1-4-11(18)10(5-7)14(22)15-13(20-16(19)23)9-3-2-8(21)6-12(9)24-15;10-7-9(11)6-8-4-2-1-3-5-8/h1-6,21H,(H3,19,20,23);1-5,9-11H,6-7H2. The van der Waals surface area contributed by atoms with E-state index in [2.05, 4.69) is 5.32 Å². The lowest BCUT2D eigenvalue weighted by atomic mass is 10.1. The number of hydrogen-bond donors (Lipinski definition) is 5. The summed E-state index contributed by atoms with van der Waals surface area (Å²) in [5.74, 6) is -0.804. The molecule has 3 aromatic carbocycles. The van der Waals surface area contributed by atoms with Gasteiger partial charge in [-0.15, -0.1) is 0 Å². The number of carbonyl (C=O) groups is 2. The normalized spacial score (nSPS) is 11.4. The molecule has 1 unspecified atom stereocenters. The number of halogens is 2. The number of nitrogens with one attached hydrogen (secondary N) is 1. The van der Waals surface area contributed by atoms with E-state index in [1.807, 2.05) is 30.3 Å². The minimum Gasteiger partial charge on any atom is -0.508 e. The molecule has 0 aliphatic heterocycles. The molecule has 182 valence electrons. The average molecular weight is 517 g/mol. The Morgan fingerprint density at radius 1 is 1.03 bits per heavy atom. The first-order chi connectivity index (χ1) is 16.7. The Morgan fingerprint density at radius 3 is 2.40 bits per heavy atom. The van der Waals surface area contributed by atoms with Gasteiger partial charge in [-0.25, -0.2) is 4.79 Å². The molecule has 0 radical (unpaired) electrons. The molecular weight excluding hydrogens is 495 g/mol. The number of furan rings is 1. The number of phenols is 1. The van der Waals surface area contributed by atoms with Crippen molar-refractivity contribution >= 4 is 51.7 Å². The predicted molar refractivity (Wildman–Crippen MR) is 134 cm³/mol. The van der Waals surface area contributed by atoms with Crippen LogP contribution in [-0.4, -0.2) is 39.8 Å². The Balaban J connectivity index is 0.000000261. The Kier molecular flexibility index (Phi) is 8.73. The van der Waals surface area contributed by atoms with E-state index >= 15 is 0 Å². The molecule has 0 bridgehead atoms. The highest BCUT2D eigenvalue weighted by Crippen LogP contribution is 2.35. The van der Waals surface area contributed by atoms with Crippen LogP contribution in [0, 0.1) is 0 Å². The van der Waals surface area contributed by atoms with E-state index in [4.69, 9.17) is 43.6 Å². The third-order valence-electron chi connectivity index (χ3n) is 4.83. The maximum Gasteiger partial charge on any atom is 0.316 e. The van der Waals surface area contributed by atoms with Gasteiger partial charge in [0.2, 0.25) is 5.78 Å². The summed E-state index contributed by atoms with van der Waals surface area (Å²) in [5, 5.41) is 30.4. The van der Waals surface area contributed by atoms with Gasteiger partial charge in [0.15, 0.2) is 5.76 Å². The molecule has 1 heterocycles. The van der Waals surface area contributed by atoms with E-state index in [1.54, 1.807) is 6.07 Å². The van der Waals surface area contributed by atoms with Gasteiger partial charge in [-0.3, -0.25) is 4.79 Å². The fourth-order valence-corrected chi connectivity index (χ4v) is 3.61. The van der Waals surface area contributed by atoms with Gasteiger partial charge in [0, 0.05) is 28.5 Å². The summed E-state index contributed by atoms with van der Waals surface area (Å²) < 4.78 is 5.51. The molecule has 2 amide bonds. The summed E-state index contributed by atoms with van der Waals surface area (Å²) in [4.78, 5) is 24.1. The summed E-state index contributed by atoms with van der Waals surface area (Å²) in [7, 11) is 0. The topological polar surface area (TPSA) is 146 Å². The maximum atomic E-state index is 12.8. The third kappa shape index (κ3) is 6.74. The van der Waals surface area contributed by atoms with Crippen LogP contribution in [0.25, 0.3) is 11.0 Å². The molecule has 0 spiro atoms. The molecule has 4 aromatic rings. The Hall–Kier alpha value is -3.56. The Morgan fingerprint density at radius 2 is 1.74 bits per heavy atom. The molecule has 0 saturated heterocycles. The number of aliphatic hydroxyl groups is 2. The van der Waals surface area contributed by atoms with E-state index in [-0.39, 0.29) is 40.0 Å². The van der Waals surface area contributed by atoms with E-state index in [0.29, 0.717) is 16.8 Å². The number of primary amides is 1. The molecule has 0 saturated carbocycles. The quantitative estimate of drug-likeness (QED) is 0.233. The number of amides is 2. The van der Waals surface area contributed by atoms with Gasteiger partial charge in [0.25, 0.3) is 0 Å². The first kappa shape index (κ1) is 26.1. The van der Waals surface area contributed by atoms with E-state index in [9.17, 15) is 14.7 Å². The van der Waals surface area contributed by atoms with E-state index in [1.165, 1.54) is 30.3 Å². The largest absolute Gasteiger partial charge is 0.508 e. The monoisotopic (exact) mass is 516 g/mol. The van der Waals surface area contributed by atoms with Gasteiger partial charge in [0.1, 0.15) is 17.0 Å². The van der Waals surface area contributed by atoms with Crippen molar-refractivity contribution < 1.29 is 29.3 Å². The van der Waals surface area contributed by atoms with Crippen LogP contribution in [0.4, 0.5) is 10.5 Å². The summed E-state index contributed by atoms with van der Waals surface area (Å²) in [6, 6.07) is 17.4. The minimum absolute atomic E-state index is 0.0540. The number of phenolic OH excluding ortho intramolecular Hbond substituents is 1. The van der Waals surface area contributed by atoms with Gasteiger partial charge in [0.05, 0.1) is 17.7 Å². The second-order valence-corrected chi connectivity index (χ2v) is 8.30. The van der Waals surface area contributed by atoms with Crippen LogP contribution < -0.4 is 11.1 Å². The number of urea groups is 1. The number of carbonyl (C=O) groups excluding carboxylic acids is 2. The molecule has 8 nitrogen and oxygen atoms in total. The van der Waals surface area contributed by atoms with Crippen molar-refractivity contribution in [2.75, 3.05) is 11.9 Å². The predicted octanol–water partition coefficient (Wildman–Crippen LogP) is 4.75. The highest BCUT2D eigenvalue weighted by molar-refractivity contribution is 6.37. The molecule has 1 atom stereocenters. The van der Waals surface area contributed by atoms with Crippen LogP contribution in [0.15, 0.2) is 71.1 Å². The molecular formula is C25H22Cl2N2O6. The number of anilines is 1. The first-order valence-corrected chi connectivity index (χ1v) is 11.1. The number of fused-ring (bicyclic) bond motifs is 1. The fraction of sp³-hybridized carbons (Fsp3) is 0.120. The maximum absolute atomic E-state index is 12.8. The minimum atomic E-state index is -0.864. The SMILES string of the molecule is NC(=O)Nc1c(C(=O)c2cc(Cl)ccc2Cl)oc2cc(O)ccc12.OCC(O)Cc1ccccc1. The lowest BCUT2D eigenvalue weighted by molar-refractivity contribution is 0.0955. The summed E-state index contributed by atoms with van der Waals surface area (Å²) in [5.41, 5.74) is 6.63. The van der Waals surface area contributed by atoms with Gasteiger partial charge >= 0.3 is 6.03 Å². The van der Waals surface area contributed by atoms with Crippen molar-refractivity contribution in [1.82, 2.24) is 0 Å². The lowest BCUT2D eigenvalue weighted by Crippen LogP contribution is -2.20. The highest BCUT2D eigenvalue weighted by Gasteiger charge is 2.25. The fourth-order valence-electron chi connectivity index (χ4n) is 3.24. The summed E-state index contributed by atoms with van der Waals surface area (Å²) >= 11 is 12.0.